The van der Waals surface area contributed by atoms with Gasteiger partial charge in [0.15, 0.2) is 0 Å². The number of fused-ring (bicyclic) bond motifs is 1. The van der Waals surface area contributed by atoms with Crippen molar-refractivity contribution >= 4 is 28.9 Å². The van der Waals surface area contributed by atoms with Gasteiger partial charge in [0.25, 0.3) is 11.6 Å². The molecular formula is C17H15N3O4. The molecule has 0 aliphatic carbocycles. The van der Waals surface area contributed by atoms with Gasteiger partial charge in [0.05, 0.1) is 4.92 Å². The molecule has 1 heterocycles. The number of anilines is 2. The van der Waals surface area contributed by atoms with Crippen molar-refractivity contribution in [2.75, 3.05) is 10.6 Å². The molecule has 2 N–H and O–H groups in total. The largest absolute Gasteiger partial charge is 0.326 e. The highest BCUT2D eigenvalue weighted by Gasteiger charge is 2.19. The standard InChI is InChI=1S/C17H15N3O4/c1-10-13(3-2-4-15(10)20(23)24)17(22)18-12-6-7-14-11(9-12)5-8-16(21)19-14/h2-4,6-7,9H,5,8H2,1H3,(H,18,22)(H,19,21). The summed E-state index contributed by atoms with van der Waals surface area (Å²) in [5, 5.41) is 16.5. The van der Waals surface area contributed by atoms with Crippen LogP contribution in [0, 0.1) is 17.0 Å². The highest BCUT2D eigenvalue weighted by Crippen LogP contribution is 2.27. The number of carbonyl (C=O) groups excluding carboxylic acids is 2. The van der Waals surface area contributed by atoms with Crippen LogP contribution in [0.5, 0.6) is 0 Å². The maximum atomic E-state index is 12.4. The maximum Gasteiger partial charge on any atom is 0.273 e. The minimum absolute atomic E-state index is 0.0218. The third kappa shape index (κ3) is 2.96. The highest BCUT2D eigenvalue weighted by atomic mass is 16.6. The number of aryl methyl sites for hydroxylation is 1. The van der Waals surface area contributed by atoms with E-state index >= 15 is 0 Å². The number of nitrogens with zero attached hydrogens (tertiary/aromatic N) is 1. The lowest BCUT2D eigenvalue weighted by Gasteiger charge is -2.18. The van der Waals surface area contributed by atoms with Gasteiger partial charge < -0.3 is 10.6 Å². The molecule has 2 aromatic rings. The van der Waals surface area contributed by atoms with Gasteiger partial charge in [-0.3, -0.25) is 19.7 Å². The Labute approximate surface area is 137 Å². The predicted octanol–water partition coefficient (Wildman–Crippen LogP) is 3.04. The molecule has 3 rings (SSSR count). The van der Waals surface area contributed by atoms with Gasteiger partial charge in [-0.1, -0.05) is 6.07 Å². The second-order valence-electron chi connectivity index (χ2n) is 5.58. The summed E-state index contributed by atoms with van der Waals surface area (Å²) >= 11 is 0. The zero-order valence-corrected chi connectivity index (χ0v) is 13.0. The molecule has 0 bridgehead atoms. The van der Waals surface area contributed by atoms with Crippen molar-refractivity contribution in [2.24, 2.45) is 0 Å². The first-order valence-corrected chi connectivity index (χ1v) is 7.44. The number of benzene rings is 2. The second kappa shape index (κ2) is 6.11. The molecule has 7 nitrogen and oxygen atoms in total. The fourth-order valence-electron chi connectivity index (χ4n) is 2.73. The number of rotatable bonds is 3. The van der Waals surface area contributed by atoms with Crippen molar-refractivity contribution in [3.8, 4) is 0 Å². The Bertz CT molecular complexity index is 861. The van der Waals surface area contributed by atoms with E-state index in [2.05, 4.69) is 10.6 Å². The number of hydrogen-bond acceptors (Lipinski definition) is 4. The van der Waals surface area contributed by atoms with Gasteiger partial charge in [0.1, 0.15) is 0 Å². The third-order valence-corrected chi connectivity index (χ3v) is 4.01. The van der Waals surface area contributed by atoms with E-state index in [0.29, 0.717) is 24.1 Å². The van der Waals surface area contributed by atoms with Gasteiger partial charge in [-0.25, -0.2) is 0 Å². The van der Waals surface area contributed by atoms with E-state index in [0.717, 1.165) is 11.3 Å². The monoisotopic (exact) mass is 325 g/mol. The van der Waals surface area contributed by atoms with Crippen molar-refractivity contribution in [3.63, 3.8) is 0 Å². The molecule has 0 unspecified atom stereocenters. The van der Waals surface area contributed by atoms with Gasteiger partial charge in [0, 0.05) is 35.0 Å². The van der Waals surface area contributed by atoms with E-state index < -0.39 is 10.8 Å². The van der Waals surface area contributed by atoms with Gasteiger partial charge in [-0.2, -0.15) is 0 Å². The van der Waals surface area contributed by atoms with Crippen molar-refractivity contribution in [1.29, 1.82) is 0 Å². The van der Waals surface area contributed by atoms with Crippen LogP contribution in [0.4, 0.5) is 17.1 Å². The molecule has 0 saturated carbocycles. The number of nitro groups is 1. The third-order valence-electron chi connectivity index (χ3n) is 4.01. The zero-order valence-electron chi connectivity index (χ0n) is 13.0. The van der Waals surface area contributed by atoms with Crippen molar-refractivity contribution in [3.05, 3.63) is 63.2 Å². The van der Waals surface area contributed by atoms with Gasteiger partial charge in [-0.15, -0.1) is 0 Å². The van der Waals surface area contributed by atoms with Crippen LogP contribution in [0.2, 0.25) is 0 Å². The Kier molecular flexibility index (Phi) is 3.99. The Morgan fingerprint density at radius 3 is 2.79 bits per heavy atom. The molecule has 0 atom stereocenters. The molecular weight excluding hydrogens is 310 g/mol. The van der Waals surface area contributed by atoms with Crippen LogP contribution >= 0.6 is 0 Å². The topological polar surface area (TPSA) is 101 Å². The molecule has 0 fully saturated rings. The average Bonchev–Trinajstić information content (AvgIpc) is 2.54. The fraction of sp³-hybridized carbons (Fsp3) is 0.176. The minimum Gasteiger partial charge on any atom is -0.326 e. The molecule has 24 heavy (non-hydrogen) atoms. The normalized spacial score (nSPS) is 13.0. The molecule has 0 aromatic heterocycles. The summed E-state index contributed by atoms with van der Waals surface area (Å²) in [5.41, 5.74) is 2.77. The Hall–Kier alpha value is -3.22. The first kappa shape index (κ1) is 15.7. The van der Waals surface area contributed by atoms with E-state index in [9.17, 15) is 19.7 Å². The molecule has 2 amide bonds. The molecule has 0 spiro atoms. The summed E-state index contributed by atoms with van der Waals surface area (Å²) in [4.78, 5) is 34.3. The van der Waals surface area contributed by atoms with Crippen LogP contribution in [0.15, 0.2) is 36.4 Å². The van der Waals surface area contributed by atoms with E-state index in [1.165, 1.54) is 12.1 Å². The fourth-order valence-corrected chi connectivity index (χ4v) is 2.73. The maximum absolute atomic E-state index is 12.4. The SMILES string of the molecule is Cc1c(C(=O)Nc2ccc3c(c2)CCC(=O)N3)cccc1[N+](=O)[O-]. The van der Waals surface area contributed by atoms with Crippen LogP contribution in [-0.4, -0.2) is 16.7 Å². The van der Waals surface area contributed by atoms with Crippen LogP contribution < -0.4 is 10.6 Å². The number of nitrogens with one attached hydrogen (secondary N) is 2. The molecule has 7 heteroatoms. The van der Waals surface area contributed by atoms with Gasteiger partial charge in [-0.05, 0) is 43.2 Å². The van der Waals surface area contributed by atoms with E-state index in [4.69, 9.17) is 0 Å². The van der Waals surface area contributed by atoms with E-state index in [-0.39, 0.29) is 17.2 Å². The minimum atomic E-state index is -0.506. The molecule has 122 valence electrons. The molecule has 2 aromatic carbocycles. The van der Waals surface area contributed by atoms with Crippen LogP contribution in [0.1, 0.15) is 27.9 Å². The van der Waals surface area contributed by atoms with Crippen molar-refractivity contribution in [1.82, 2.24) is 0 Å². The van der Waals surface area contributed by atoms with E-state index in [1.54, 1.807) is 31.2 Å². The van der Waals surface area contributed by atoms with Crippen LogP contribution in [0.25, 0.3) is 0 Å². The number of nitro benzene ring substituents is 1. The summed E-state index contributed by atoms with van der Waals surface area (Å²) in [6, 6.07) is 9.64. The zero-order chi connectivity index (χ0) is 17.3. The highest BCUT2D eigenvalue weighted by molar-refractivity contribution is 6.06. The molecule has 0 saturated heterocycles. The lowest BCUT2D eigenvalue weighted by molar-refractivity contribution is -0.385. The number of carbonyl (C=O) groups is 2. The quantitative estimate of drug-likeness (QED) is 0.669. The van der Waals surface area contributed by atoms with Crippen molar-refractivity contribution in [2.45, 2.75) is 19.8 Å². The molecule has 1 aliphatic rings. The van der Waals surface area contributed by atoms with Crippen LogP contribution in [0.3, 0.4) is 0 Å². The smallest absolute Gasteiger partial charge is 0.273 e. The predicted molar refractivity (Wildman–Crippen MR) is 89.2 cm³/mol. The first-order chi connectivity index (χ1) is 11.5. The van der Waals surface area contributed by atoms with Crippen LogP contribution in [-0.2, 0) is 11.2 Å². The number of amides is 2. The average molecular weight is 325 g/mol. The first-order valence-electron chi connectivity index (χ1n) is 7.44. The summed E-state index contributed by atoms with van der Waals surface area (Å²) in [5.74, 6) is -0.428. The lowest BCUT2D eigenvalue weighted by atomic mass is 10.0. The van der Waals surface area contributed by atoms with E-state index in [1.807, 2.05) is 0 Å². The Morgan fingerprint density at radius 2 is 2.04 bits per heavy atom. The molecule has 1 aliphatic heterocycles. The summed E-state index contributed by atoms with van der Waals surface area (Å²) in [6.07, 6.45) is 1.02. The summed E-state index contributed by atoms with van der Waals surface area (Å²) in [6.45, 7) is 1.55. The molecule has 0 radical (unpaired) electrons. The Morgan fingerprint density at radius 1 is 1.25 bits per heavy atom. The number of hydrogen-bond donors (Lipinski definition) is 2. The summed E-state index contributed by atoms with van der Waals surface area (Å²) < 4.78 is 0. The van der Waals surface area contributed by atoms with Gasteiger partial charge in [0.2, 0.25) is 5.91 Å². The summed E-state index contributed by atoms with van der Waals surface area (Å²) in [7, 11) is 0. The second-order valence-corrected chi connectivity index (χ2v) is 5.58. The van der Waals surface area contributed by atoms with Gasteiger partial charge >= 0.3 is 0 Å². The lowest BCUT2D eigenvalue weighted by Crippen LogP contribution is -2.19. The van der Waals surface area contributed by atoms with Crippen molar-refractivity contribution < 1.29 is 14.5 Å². The Balaban J connectivity index is 1.84.